The number of aryl methyl sites for hydroxylation is 1. The van der Waals surface area contributed by atoms with Gasteiger partial charge in [-0.3, -0.25) is 0 Å². The molecule has 122 valence electrons. The molecule has 4 nitrogen and oxygen atoms in total. The van der Waals surface area contributed by atoms with E-state index in [0.29, 0.717) is 21.2 Å². The Hall–Kier alpha value is -1.99. The molecule has 1 aromatic heterocycles. The molecule has 0 bridgehead atoms. The summed E-state index contributed by atoms with van der Waals surface area (Å²) in [6, 6.07) is 8.27. The summed E-state index contributed by atoms with van der Waals surface area (Å²) in [5.41, 5.74) is 0.967. The Kier molecular flexibility index (Phi) is 6.06. The Morgan fingerprint density at radius 2 is 2.13 bits per heavy atom. The largest absolute Gasteiger partial charge is 0.465 e. The van der Waals surface area contributed by atoms with Gasteiger partial charge in [0.05, 0.1) is 12.7 Å². The van der Waals surface area contributed by atoms with Crippen molar-refractivity contribution in [2.24, 2.45) is 0 Å². The molecule has 0 aliphatic rings. The predicted octanol–water partition coefficient (Wildman–Crippen LogP) is 3.72. The van der Waals surface area contributed by atoms with Crippen LogP contribution in [0.15, 0.2) is 30.3 Å². The molecule has 2 rings (SSSR count). The van der Waals surface area contributed by atoms with E-state index in [1.54, 1.807) is 24.3 Å². The molecule has 0 radical (unpaired) electrons. The molecular formula is C16H17FN2O2S2. The number of nitrogens with one attached hydrogen (secondary N) is 2. The summed E-state index contributed by atoms with van der Waals surface area (Å²) >= 11 is 6.66. The van der Waals surface area contributed by atoms with Crippen LogP contribution in [-0.4, -0.2) is 18.2 Å². The van der Waals surface area contributed by atoms with Gasteiger partial charge in [-0.05, 0) is 30.8 Å². The van der Waals surface area contributed by atoms with Crippen molar-refractivity contribution < 1.29 is 13.9 Å². The van der Waals surface area contributed by atoms with Crippen LogP contribution in [0.2, 0.25) is 0 Å². The molecule has 0 fully saturated rings. The number of carbonyl (C=O) groups is 1. The number of esters is 1. The number of thiophene rings is 1. The van der Waals surface area contributed by atoms with Crippen molar-refractivity contribution in [3.05, 3.63) is 52.2 Å². The van der Waals surface area contributed by atoms with Crippen molar-refractivity contribution in [1.29, 1.82) is 0 Å². The SMILES string of the molecule is CCc1cc(C(=O)OC)c(NC(=S)NCc2ccccc2F)s1. The highest BCUT2D eigenvalue weighted by Gasteiger charge is 2.17. The number of anilines is 1. The molecule has 1 aromatic carbocycles. The Labute approximate surface area is 143 Å². The molecule has 0 aliphatic carbocycles. The smallest absolute Gasteiger partial charge is 0.340 e. The van der Waals surface area contributed by atoms with Crippen LogP contribution >= 0.6 is 23.6 Å². The van der Waals surface area contributed by atoms with Crippen LogP contribution in [0.1, 0.15) is 27.7 Å². The van der Waals surface area contributed by atoms with Crippen LogP contribution in [0, 0.1) is 5.82 Å². The third-order valence-corrected chi connectivity index (χ3v) is 4.60. The summed E-state index contributed by atoms with van der Waals surface area (Å²) < 4.78 is 18.3. The molecule has 7 heteroatoms. The predicted molar refractivity (Wildman–Crippen MR) is 94.5 cm³/mol. The van der Waals surface area contributed by atoms with Crippen LogP contribution in [0.4, 0.5) is 9.39 Å². The second kappa shape index (κ2) is 8.03. The second-order valence-electron chi connectivity index (χ2n) is 4.70. The zero-order chi connectivity index (χ0) is 16.8. The van der Waals surface area contributed by atoms with Gasteiger partial charge < -0.3 is 15.4 Å². The Morgan fingerprint density at radius 3 is 2.78 bits per heavy atom. The minimum Gasteiger partial charge on any atom is -0.465 e. The van der Waals surface area contributed by atoms with Gasteiger partial charge in [0.1, 0.15) is 10.8 Å². The van der Waals surface area contributed by atoms with Gasteiger partial charge in [0.25, 0.3) is 0 Å². The van der Waals surface area contributed by atoms with E-state index in [1.165, 1.54) is 24.5 Å². The van der Waals surface area contributed by atoms with Gasteiger partial charge in [0, 0.05) is 17.0 Å². The monoisotopic (exact) mass is 352 g/mol. The maximum Gasteiger partial charge on any atom is 0.340 e. The van der Waals surface area contributed by atoms with Gasteiger partial charge in [-0.2, -0.15) is 0 Å². The highest BCUT2D eigenvalue weighted by atomic mass is 32.1. The molecular weight excluding hydrogens is 335 g/mol. The minimum atomic E-state index is -0.416. The maximum atomic E-state index is 13.6. The standard InChI is InChI=1S/C16H17FN2O2S2/c1-3-11-8-12(15(20)21-2)14(23-11)19-16(22)18-9-10-6-4-5-7-13(10)17/h4-8H,3,9H2,1-2H3,(H2,18,19,22). The lowest BCUT2D eigenvalue weighted by Gasteiger charge is -2.10. The fraction of sp³-hybridized carbons (Fsp3) is 0.250. The van der Waals surface area contributed by atoms with Gasteiger partial charge in [-0.15, -0.1) is 11.3 Å². The average molecular weight is 352 g/mol. The Balaban J connectivity index is 2.04. The van der Waals surface area contributed by atoms with Gasteiger partial charge in [-0.1, -0.05) is 25.1 Å². The van der Waals surface area contributed by atoms with E-state index in [2.05, 4.69) is 10.6 Å². The first-order valence-corrected chi connectivity index (χ1v) is 8.27. The summed E-state index contributed by atoms with van der Waals surface area (Å²) in [6.45, 7) is 2.27. The quantitative estimate of drug-likeness (QED) is 0.634. The average Bonchev–Trinajstić information content (AvgIpc) is 2.96. The highest BCUT2D eigenvalue weighted by molar-refractivity contribution is 7.80. The summed E-state index contributed by atoms with van der Waals surface area (Å²) in [7, 11) is 1.34. The molecule has 0 atom stereocenters. The van der Waals surface area contributed by atoms with Crippen molar-refractivity contribution in [3.63, 3.8) is 0 Å². The fourth-order valence-corrected chi connectivity index (χ4v) is 3.16. The van der Waals surface area contributed by atoms with Crippen molar-refractivity contribution >= 4 is 39.6 Å². The number of hydrogen-bond donors (Lipinski definition) is 2. The van der Waals surface area contributed by atoms with Crippen molar-refractivity contribution in [1.82, 2.24) is 5.32 Å². The van der Waals surface area contributed by atoms with E-state index in [4.69, 9.17) is 17.0 Å². The number of rotatable bonds is 5. The molecule has 1 heterocycles. The summed E-state index contributed by atoms with van der Waals surface area (Å²) in [6.07, 6.45) is 0.811. The van der Waals surface area contributed by atoms with E-state index in [9.17, 15) is 9.18 Å². The van der Waals surface area contributed by atoms with Crippen LogP contribution in [0.25, 0.3) is 0 Å². The van der Waals surface area contributed by atoms with Crippen LogP contribution in [0.5, 0.6) is 0 Å². The number of halogens is 1. The van der Waals surface area contributed by atoms with Gasteiger partial charge in [-0.25, -0.2) is 9.18 Å². The number of methoxy groups -OCH3 is 1. The lowest BCUT2D eigenvalue weighted by molar-refractivity contribution is 0.0602. The third-order valence-electron chi connectivity index (χ3n) is 3.16. The Bertz CT molecular complexity index is 716. The van der Waals surface area contributed by atoms with E-state index in [0.717, 1.165) is 11.3 Å². The molecule has 23 heavy (non-hydrogen) atoms. The van der Waals surface area contributed by atoms with Crippen LogP contribution < -0.4 is 10.6 Å². The molecule has 0 aliphatic heterocycles. The molecule has 2 aromatic rings. The number of carbonyl (C=O) groups excluding carboxylic acids is 1. The first kappa shape index (κ1) is 17.4. The number of ether oxygens (including phenoxy) is 1. The molecule has 0 saturated carbocycles. The first-order valence-electron chi connectivity index (χ1n) is 7.04. The maximum absolute atomic E-state index is 13.6. The van der Waals surface area contributed by atoms with Crippen molar-refractivity contribution in [2.45, 2.75) is 19.9 Å². The zero-order valence-corrected chi connectivity index (χ0v) is 14.4. The zero-order valence-electron chi connectivity index (χ0n) is 12.8. The Morgan fingerprint density at radius 1 is 1.39 bits per heavy atom. The molecule has 0 saturated heterocycles. The number of hydrogen-bond acceptors (Lipinski definition) is 4. The third kappa shape index (κ3) is 4.49. The normalized spacial score (nSPS) is 10.2. The number of benzene rings is 1. The molecule has 2 N–H and O–H groups in total. The number of thiocarbonyl (C=S) groups is 1. The fourth-order valence-electron chi connectivity index (χ4n) is 1.94. The first-order chi connectivity index (χ1) is 11.0. The lowest BCUT2D eigenvalue weighted by Crippen LogP contribution is -2.28. The van der Waals surface area contributed by atoms with E-state index in [1.807, 2.05) is 6.92 Å². The van der Waals surface area contributed by atoms with Crippen LogP contribution in [-0.2, 0) is 17.7 Å². The second-order valence-corrected chi connectivity index (χ2v) is 6.24. The molecule has 0 spiro atoms. The van der Waals surface area contributed by atoms with Gasteiger partial charge in [0.15, 0.2) is 5.11 Å². The van der Waals surface area contributed by atoms with Gasteiger partial charge >= 0.3 is 5.97 Å². The van der Waals surface area contributed by atoms with E-state index in [-0.39, 0.29) is 12.4 Å². The van der Waals surface area contributed by atoms with E-state index < -0.39 is 5.97 Å². The highest BCUT2D eigenvalue weighted by Crippen LogP contribution is 2.29. The molecule has 0 amide bonds. The molecule has 0 unspecified atom stereocenters. The topological polar surface area (TPSA) is 50.4 Å². The van der Waals surface area contributed by atoms with Gasteiger partial charge in [0.2, 0.25) is 0 Å². The van der Waals surface area contributed by atoms with Crippen molar-refractivity contribution in [2.75, 3.05) is 12.4 Å². The summed E-state index contributed by atoms with van der Waals surface area (Å²) in [5.74, 6) is -0.706. The lowest BCUT2D eigenvalue weighted by atomic mass is 10.2. The minimum absolute atomic E-state index is 0.262. The van der Waals surface area contributed by atoms with Crippen LogP contribution in [0.3, 0.4) is 0 Å². The van der Waals surface area contributed by atoms with E-state index >= 15 is 0 Å². The summed E-state index contributed by atoms with van der Waals surface area (Å²) in [5, 5.41) is 6.87. The van der Waals surface area contributed by atoms with Crippen molar-refractivity contribution in [3.8, 4) is 0 Å². The summed E-state index contributed by atoms with van der Waals surface area (Å²) in [4.78, 5) is 12.8.